The predicted molar refractivity (Wildman–Crippen MR) is 102 cm³/mol. The zero-order valence-electron chi connectivity index (χ0n) is 15.2. The van der Waals surface area contributed by atoms with Crippen molar-refractivity contribution in [2.24, 2.45) is 22.9 Å². The van der Waals surface area contributed by atoms with Crippen LogP contribution >= 0.6 is 0 Å². The van der Waals surface area contributed by atoms with E-state index in [0.717, 1.165) is 23.4 Å². The van der Waals surface area contributed by atoms with Gasteiger partial charge in [-0.15, -0.1) is 0 Å². The minimum Gasteiger partial charge on any atom is -0.508 e. The molecule has 4 aliphatic carbocycles. The normalized spacial score (nSPS) is 31.5. The summed E-state index contributed by atoms with van der Waals surface area (Å²) in [5.74, 6) is 2.40. The Hall–Kier alpha value is -2.63. The largest absolute Gasteiger partial charge is 0.508 e. The number of phenols is 1. The van der Waals surface area contributed by atoms with E-state index < -0.39 is 0 Å². The number of carbonyl (C=O) groups excluding carboxylic acids is 1. The highest BCUT2D eigenvalue weighted by molar-refractivity contribution is 5.93. The van der Waals surface area contributed by atoms with Gasteiger partial charge in [-0.2, -0.15) is 10.2 Å². The van der Waals surface area contributed by atoms with E-state index in [4.69, 9.17) is 0 Å². The van der Waals surface area contributed by atoms with Crippen molar-refractivity contribution >= 4 is 12.1 Å². The number of benzene rings is 1. The number of H-pyrrole nitrogens is 1. The second-order valence-corrected chi connectivity index (χ2v) is 8.66. The Labute approximate surface area is 158 Å². The molecule has 1 aromatic carbocycles. The fourth-order valence-electron chi connectivity index (χ4n) is 5.98. The number of amides is 1. The average molecular weight is 364 g/mol. The number of hydrazone groups is 1. The lowest BCUT2D eigenvalue weighted by atomic mass is 9.49. The van der Waals surface area contributed by atoms with Crippen molar-refractivity contribution < 1.29 is 9.90 Å². The van der Waals surface area contributed by atoms with Crippen LogP contribution in [0.25, 0.3) is 0 Å². The number of hydrogen-bond acceptors (Lipinski definition) is 4. The molecular weight excluding hydrogens is 340 g/mol. The quantitative estimate of drug-likeness (QED) is 0.574. The third kappa shape index (κ3) is 3.03. The maximum Gasteiger partial charge on any atom is 0.291 e. The van der Waals surface area contributed by atoms with Crippen molar-refractivity contribution in [2.75, 3.05) is 0 Å². The SMILES string of the molecule is O=C(N/N=C/c1cccc(O)c1)c1cc(C23CC4CC(CC(C4)C2)C3)[nH]n1. The first-order valence-electron chi connectivity index (χ1n) is 9.78. The summed E-state index contributed by atoms with van der Waals surface area (Å²) < 4.78 is 0. The fourth-order valence-corrected chi connectivity index (χ4v) is 5.98. The highest BCUT2D eigenvalue weighted by Crippen LogP contribution is 2.60. The molecule has 0 saturated heterocycles. The van der Waals surface area contributed by atoms with Crippen molar-refractivity contribution in [2.45, 2.75) is 43.9 Å². The number of nitrogens with one attached hydrogen (secondary N) is 2. The van der Waals surface area contributed by atoms with Crippen LogP contribution in [0.1, 0.15) is 60.3 Å². The van der Waals surface area contributed by atoms with Gasteiger partial charge in [0.1, 0.15) is 5.75 Å². The third-order valence-corrected chi connectivity index (χ3v) is 6.67. The maximum absolute atomic E-state index is 12.4. The van der Waals surface area contributed by atoms with Crippen molar-refractivity contribution in [3.05, 3.63) is 47.3 Å². The Morgan fingerprint density at radius 2 is 1.89 bits per heavy atom. The molecule has 1 amide bonds. The Bertz CT molecular complexity index is 866. The molecule has 0 atom stereocenters. The molecular formula is C21H24N4O2. The van der Waals surface area contributed by atoms with Gasteiger partial charge >= 0.3 is 0 Å². The van der Waals surface area contributed by atoms with E-state index in [1.165, 1.54) is 44.7 Å². The second kappa shape index (κ2) is 6.22. The van der Waals surface area contributed by atoms with Gasteiger partial charge in [-0.3, -0.25) is 9.89 Å². The highest BCUT2D eigenvalue weighted by Gasteiger charge is 2.52. The monoisotopic (exact) mass is 364 g/mol. The van der Waals surface area contributed by atoms with Crippen LogP contribution in [0.3, 0.4) is 0 Å². The molecule has 4 bridgehead atoms. The lowest BCUT2D eigenvalue weighted by Crippen LogP contribution is -2.48. The van der Waals surface area contributed by atoms with E-state index in [9.17, 15) is 9.90 Å². The summed E-state index contributed by atoms with van der Waals surface area (Å²) in [6.45, 7) is 0. The Balaban J connectivity index is 1.29. The van der Waals surface area contributed by atoms with E-state index in [1.807, 2.05) is 6.07 Å². The smallest absolute Gasteiger partial charge is 0.291 e. The molecule has 6 rings (SSSR count). The number of nitrogens with zero attached hydrogens (tertiary/aromatic N) is 2. The molecule has 1 aromatic heterocycles. The number of aromatic hydroxyl groups is 1. The van der Waals surface area contributed by atoms with Gasteiger partial charge in [0.05, 0.1) is 6.21 Å². The van der Waals surface area contributed by atoms with Crippen LogP contribution in [0.2, 0.25) is 0 Å². The molecule has 1 heterocycles. The van der Waals surface area contributed by atoms with Crippen LogP contribution in [0.5, 0.6) is 5.75 Å². The highest BCUT2D eigenvalue weighted by atomic mass is 16.3. The molecule has 2 aromatic rings. The average Bonchev–Trinajstić information content (AvgIpc) is 3.12. The standard InChI is InChI=1S/C21H24N4O2/c26-17-3-1-2-13(7-17)12-22-25-20(27)18-8-19(24-23-18)21-9-14-4-15(10-21)6-16(5-14)11-21/h1-3,7-8,12,14-16,26H,4-6,9-11H2,(H,23,24)(H,25,27)/b22-12+. The first kappa shape index (κ1) is 16.5. The van der Waals surface area contributed by atoms with Crippen molar-refractivity contribution in [1.29, 1.82) is 0 Å². The molecule has 4 fully saturated rings. The van der Waals surface area contributed by atoms with Crippen LogP contribution in [0.15, 0.2) is 35.4 Å². The summed E-state index contributed by atoms with van der Waals surface area (Å²) in [6.07, 6.45) is 9.39. The minimum atomic E-state index is -0.321. The zero-order valence-corrected chi connectivity index (χ0v) is 15.2. The number of aromatic amines is 1. The Morgan fingerprint density at radius 3 is 2.56 bits per heavy atom. The van der Waals surface area contributed by atoms with Gasteiger partial charge in [-0.25, -0.2) is 5.43 Å². The van der Waals surface area contributed by atoms with Crippen molar-refractivity contribution in [3.63, 3.8) is 0 Å². The number of phenolic OH excluding ortho intramolecular Hbond substituents is 1. The molecule has 0 radical (unpaired) electrons. The molecule has 0 spiro atoms. The van der Waals surface area contributed by atoms with Crippen LogP contribution < -0.4 is 5.43 Å². The number of rotatable bonds is 4. The van der Waals surface area contributed by atoms with Crippen LogP contribution in [-0.2, 0) is 5.41 Å². The summed E-state index contributed by atoms with van der Waals surface area (Å²) in [4.78, 5) is 12.4. The fraction of sp³-hybridized carbons (Fsp3) is 0.476. The first-order valence-corrected chi connectivity index (χ1v) is 9.78. The van der Waals surface area contributed by atoms with Gasteiger partial charge in [0, 0.05) is 11.1 Å². The lowest BCUT2D eigenvalue weighted by molar-refractivity contribution is -0.00721. The Morgan fingerprint density at radius 1 is 1.19 bits per heavy atom. The topological polar surface area (TPSA) is 90.4 Å². The summed E-state index contributed by atoms with van der Waals surface area (Å²) >= 11 is 0. The van der Waals surface area contributed by atoms with Crippen LogP contribution in [0.4, 0.5) is 0 Å². The maximum atomic E-state index is 12.4. The first-order chi connectivity index (χ1) is 13.1. The van der Waals surface area contributed by atoms with Gasteiger partial charge < -0.3 is 5.11 Å². The molecule has 6 heteroatoms. The van der Waals surface area contributed by atoms with E-state index in [1.54, 1.807) is 24.3 Å². The number of carbonyl (C=O) groups is 1. The van der Waals surface area contributed by atoms with Gasteiger partial charge in [0.2, 0.25) is 0 Å². The minimum absolute atomic E-state index is 0.165. The summed E-state index contributed by atoms with van der Waals surface area (Å²) in [7, 11) is 0. The predicted octanol–water partition coefficient (Wildman–Crippen LogP) is 3.35. The van der Waals surface area contributed by atoms with Crippen molar-refractivity contribution in [3.8, 4) is 5.75 Å². The van der Waals surface area contributed by atoms with Crippen molar-refractivity contribution in [1.82, 2.24) is 15.6 Å². The summed E-state index contributed by atoms with van der Waals surface area (Å²) in [5, 5.41) is 20.9. The van der Waals surface area contributed by atoms with E-state index >= 15 is 0 Å². The third-order valence-electron chi connectivity index (χ3n) is 6.67. The molecule has 140 valence electrons. The summed E-state index contributed by atoms with van der Waals surface area (Å²) in [5.41, 5.74) is 4.95. The molecule has 0 aliphatic heterocycles. The second-order valence-electron chi connectivity index (χ2n) is 8.66. The van der Waals surface area contributed by atoms with E-state index in [2.05, 4.69) is 20.7 Å². The molecule has 6 nitrogen and oxygen atoms in total. The molecule has 3 N–H and O–H groups in total. The van der Waals surface area contributed by atoms with Gasteiger partial charge in [-0.1, -0.05) is 12.1 Å². The molecule has 27 heavy (non-hydrogen) atoms. The number of aromatic nitrogens is 2. The van der Waals surface area contributed by atoms with Crippen LogP contribution in [-0.4, -0.2) is 27.4 Å². The molecule has 4 aliphatic rings. The molecule has 0 unspecified atom stereocenters. The van der Waals surface area contributed by atoms with Gasteiger partial charge in [-0.05, 0) is 80.0 Å². The van der Waals surface area contributed by atoms with Gasteiger partial charge in [0.15, 0.2) is 5.69 Å². The Kier molecular flexibility index (Phi) is 3.81. The lowest BCUT2D eigenvalue weighted by Gasteiger charge is -2.56. The number of hydrogen-bond donors (Lipinski definition) is 3. The zero-order chi connectivity index (χ0) is 18.4. The van der Waals surface area contributed by atoms with Gasteiger partial charge in [0.25, 0.3) is 5.91 Å². The van der Waals surface area contributed by atoms with E-state index in [0.29, 0.717) is 11.3 Å². The summed E-state index contributed by atoms with van der Waals surface area (Å²) in [6, 6.07) is 8.62. The molecule has 4 saturated carbocycles. The van der Waals surface area contributed by atoms with E-state index in [-0.39, 0.29) is 17.1 Å². The van der Waals surface area contributed by atoms with Crippen LogP contribution in [0, 0.1) is 17.8 Å².